The summed E-state index contributed by atoms with van der Waals surface area (Å²) >= 11 is 0. The maximum atomic E-state index is 9.69. The van der Waals surface area contributed by atoms with Crippen molar-refractivity contribution < 1.29 is 5.11 Å². The van der Waals surface area contributed by atoms with Crippen molar-refractivity contribution in [1.82, 2.24) is 4.98 Å². The molecule has 1 aromatic rings. The van der Waals surface area contributed by atoms with Crippen LogP contribution in [0.25, 0.3) is 0 Å². The molecule has 1 aromatic heterocycles. The van der Waals surface area contributed by atoms with Crippen LogP contribution in [0.5, 0.6) is 0 Å². The van der Waals surface area contributed by atoms with Crippen molar-refractivity contribution in [2.24, 2.45) is 11.8 Å². The van der Waals surface area contributed by atoms with Crippen LogP contribution in [-0.2, 0) is 6.61 Å². The molecule has 0 radical (unpaired) electrons. The highest BCUT2D eigenvalue weighted by atomic mass is 16.3. The number of aromatic nitrogens is 1. The number of anilines is 1. The summed E-state index contributed by atoms with van der Waals surface area (Å²) in [7, 11) is 0. The van der Waals surface area contributed by atoms with Gasteiger partial charge < -0.3 is 10.0 Å². The van der Waals surface area contributed by atoms with Crippen LogP contribution in [0.4, 0.5) is 5.82 Å². The Hall–Kier alpha value is -1.09. The lowest BCUT2D eigenvalue weighted by molar-refractivity contribution is 0.201. The Morgan fingerprint density at radius 3 is 2.70 bits per heavy atom. The first kappa shape index (κ1) is 13.9. The zero-order valence-corrected chi connectivity index (χ0v) is 12.7. The molecule has 0 bridgehead atoms. The topological polar surface area (TPSA) is 36.4 Å². The second kappa shape index (κ2) is 5.72. The van der Waals surface area contributed by atoms with E-state index in [0.717, 1.165) is 42.0 Å². The van der Waals surface area contributed by atoms with Crippen LogP contribution in [0.2, 0.25) is 0 Å². The van der Waals surface area contributed by atoms with Gasteiger partial charge in [-0.3, -0.25) is 0 Å². The quantitative estimate of drug-likeness (QED) is 0.899. The van der Waals surface area contributed by atoms with E-state index >= 15 is 0 Å². The van der Waals surface area contributed by atoms with Gasteiger partial charge in [-0.15, -0.1) is 0 Å². The van der Waals surface area contributed by atoms with Crippen LogP contribution in [0.15, 0.2) is 6.07 Å². The van der Waals surface area contributed by atoms with E-state index < -0.39 is 0 Å². The van der Waals surface area contributed by atoms with E-state index in [0.29, 0.717) is 0 Å². The standard InChI is InChI=1S/C17H26N2O/c1-12-9-13(2)18-17(16(12)11-20)19-8-7-14-5-3-4-6-15(14)10-19/h9,14-15,20H,3-8,10-11H2,1-2H3. The van der Waals surface area contributed by atoms with Crippen molar-refractivity contribution in [2.75, 3.05) is 18.0 Å². The average Bonchev–Trinajstić information content (AvgIpc) is 2.46. The summed E-state index contributed by atoms with van der Waals surface area (Å²) in [5.74, 6) is 2.81. The maximum Gasteiger partial charge on any atom is 0.134 e. The molecule has 2 unspecified atom stereocenters. The van der Waals surface area contributed by atoms with Crippen LogP contribution in [0.1, 0.15) is 48.9 Å². The van der Waals surface area contributed by atoms with Crippen molar-refractivity contribution in [1.29, 1.82) is 0 Å². The largest absolute Gasteiger partial charge is 0.392 e. The zero-order chi connectivity index (χ0) is 14.1. The predicted octanol–water partition coefficient (Wildman–Crippen LogP) is 3.21. The van der Waals surface area contributed by atoms with Gasteiger partial charge >= 0.3 is 0 Å². The lowest BCUT2D eigenvalue weighted by atomic mass is 9.75. The Kier molecular flexibility index (Phi) is 3.97. The third-order valence-corrected chi connectivity index (χ3v) is 5.20. The van der Waals surface area contributed by atoms with E-state index in [2.05, 4.69) is 17.9 Å². The highest BCUT2D eigenvalue weighted by Gasteiger charge is 2.32. The van der Waals surface area contributed by atoms with Crippen molar-refractivity contribution in [3.63, 3.8) is 0 Å². The number of nitrogens with zero attached hydrogens (tertiary/aromatic N) is 2. The zero-order valence-electron chi connectivity index (χ0n) is 12.7. The first-order chi connectivity index (χ1) is 9.69. The van der Waals surface area contributed by atoms with E-state index in [4.69, 9.17) is 4.98 Å². The average molecular weight is 274 g/mol. The molecule has 1 aliphatic carbocycles. The van der Waals surface area contributed by atoms with E-state index in [1.807, 2.05) is 6.92 Å². The number of hydrogen-bond acceptors (Lipinski definition) is 3. The Balaban J connectivity index is 1.86. The summed E-state index contributed by atoms with van der Waals surface area (Å²) in [5.41, 5.74) is 3.24. The van der Waals surface area contributed by atoms with Crippen LogP contribution in [0, 0.1) is 25.7 Å². The highest BCUT2D eigenvalue weighted by molar-refractivity contribution is 5.51. The van der Waals surface area contributed by atoms with Crippen LogP contribution in [-0.4, -0.2) is 23.2 Å². The van der Waals surface area contributed by atoms with Gasteiger partial charge in [-0.1, -0.05) is 19.3 Å². The molecule has 20 heavy (non-hydrogen) atoms. The molecular weight excluding hydrogens is 248 g/mol. The van der Waals surface area contributed by atoms with Crippen molar-refractivity contribution in [3.8, 4) is 0 Å². The maximum absolute atomic E-state index is 9.69. The number of fused-ring (bicyclic) bond motifs is 1. The fourth-order valence-electron chi connectivity index (χ4n) is 4.09. The minimum Gasteiger partial charge on any atom is -0.392 e. The van der Waals surface area contributed by atoms with Crippen LogP contribution >= 0.6 is 0 Å². The number of rotatable bonds is 2. The Bertz CT molecular complexity index is 486. The molecule has 2 fully saturated rings. The normalized spacial score (nSPS) is 26.4. The van der Waals surface area contributed by atoms with Gasteiger partial charge in [0.15, 0.2) is 0 Å². The molecule has 0 aromatic carbocycles. The summed E-state index contributed by atoms with van der Waals surface area (Å²) in [4.78, 5) is 7.16. The van der Waals surface area contributed by atoms with E-state index in [1.165, 1.54) is 37.7 Å². The molecule has 1 N–H and O–H groups in total. The Morgan fingerprint density at radius 2 is 1.95 bits per heavy atom. The monoisotopic (exact) mass is 274 g/mol. The van der Waals surface area contributed by atoms with Gasteiger partial charge in [-0.25, -0.2) is 4.98 Å². The van der Waals surface area contributed by atoms with Gasteiger partial charge in [0.25, 0.3) is 0 Å². The Labute approximate surface area is 122 Å². The second-order valence-electron chi connectivity index (χ2n) is 6.58. The molecule has 2 atom stereocenters. The van der Waals surface area contributed by atoms with E-state index in [9.17, 15) is 5.11 Å². The number of aryl methyl sites for hydroxylation is 2. The van der Waals surface area contributed by atoms with Crippen molar-refractivity contribution in [2.45, 2.75) is 52.6 Å². The molecule has 2 aliphatic rings. The van der Waals surface area contributed by atoms with Crippen molar-refractivity contribution >= 4 is 5.82 Å². The number of hydrogen-bond donors (Lipinski definition) is 1. The van der Waals surface area contributed by atoms with Gasteiger partial charge in [0.1, 0.15) is 5.82 Å². The van der Waals surface area contributed by atoms with Crippen molar-refractivity contribution in [3.05, 3.63) is 22.9 Å². The van der Waals surface area contributed by atoms with Gasteiger partial charge in [-0.05, 0) is 50.2 Å². The molecule has 1 aliphatic heterocycles. The number of aliphatic hydroxyl groups is 1. The predicted molar refractivity (Wildman–Crippen MR) is 81.9 cm³/mol. The minimum absolute atomic E-state index is 0.0963. The smallest absolute Gasteiger partial charge is 0.134 e. The fourth-order valence-corrected chi connectivity index (χ4v) is 4.09. The molecule has 2 heterocycles. The summed E-state index contributed by atoms with van der Waals surface area (Å²) in [5, 5.41) is 9.69. The second-order valence-corrected chi connectivity index (χ2v) is 6.58. The number of aliphatic hydroxyl groups excluding tert-OH is 1. The SMILES string of the molecule is Cc1cc(C)c(CO)c(N2CCC3CCCCC3C2)n1. The van der Waals surface area contributed by atoms with Gasteiger partial charge in [0.05, 0.1) is 6.61 Å². The molecule has 1 saturated carbocycles. The van der Waals surface area contributed by atoms with Crippen LogP contribution in [0.3, 0.4) is 0 Å². The molecule has 3 nitrogen and oxygen atoms in total. The highest BCUT2D eigenvalue weighted by Crippen LogP contribution is 2.38. The number of piperidine rings is 1. The van der Waals surface area contributed by atoms with Gasteiger partial charge in [0, 0.05) is 24.3 Å². The molecule has 1 saturated heterocycles. The third-order valence-electron chi connectivity index (χ3n) is 5.20. The van der Waals surface area contributed by atoms with Gasteiger partial charge in [-0.2, -0.15) is 0 Å². The lowest BCUT2D eigenvalue weighted by Gasteiger charge is -2.42. The Morgan fingerprint density at radius 1 is 1.20 bits per heavy atom. The van der Waals surface area contributed by atoms with E-state index in [-0.39, 0.29) is 6.61 Å². The minimum atomic E-state index is 0.0963. The van der Waals surface area contributed by atoms with E-state index in [1.54, 1.807) is 0 Å². The first-order valence-corrected chi connectivity index (χ1v) is 8.02. The fraction of sp³-hybridized carbons (Fsp3) is 0.706. The van der Waals surface area contributed by atoms with Crippen LogP contribution < -0.4 is 4.90 Å². The molecule has 3 rings (SSSR count). The molecule has 3 heteroatoms. The summed E-state index contributed by atoms with van der Waals surface area (Å²) < 4.78 is 0. The summed E-state index contributed by atoms with van der Waals surface area (Å²) in [6, 6.07) is 2.07. The van der Waals surface area contributed by atoms with Gasteiger partial charge in [0.2, 0.25) is 0 Å². The molecule has 110 valence electrons. The summed E-state index contributed by atoms with van der Waals surface area (Å²) in [6.07, 6.45) is 6.91. The summed E-state index contributed by atoms with van der Waals surface area (Å²) in [6.45, 7) is 6.46. The molecule has 0 amide bonds. The first-order valence-electron chi connectivity index (χ1n) is 8.02. The third kappa shape index (κ3) is 2.56. The molecule has 0 spiro atoms. The number of pyridine rings is 1. The molecular formula is C17H26N2O. The lowest BCUT2D eigenvalue weighted by Crippen LogP contribution is -2.42.